The Bertz CT molecular complexity index is 585. The third-order valence-electron chi connectivity index (χ3n) is 3.58. The van der Waals surface area contributed by atoms with Crippen LogP contribution >= 0.6 is 11.3 Å². The SMILES string of the molecule is CCC(CO)(CO)NC(=O)c1cc2c(C)nn(C)c2s1. The molecule has 0 atom stereocenters. The third kappa shape index (κ3) is 2.44. The molecule has 0 fully saturated rings. The van der Waals surface area contributed by atoms with Crippen molar-refractivity contribution in [2.45, 2.75) is 25.8 Å². The fraction of sp³-hybridized carbons (Fsp3) is 0.538. The monoisotopic (exact) mass is 297 g/mol. The van der Waals surface area contributed by atoms with Gasteiger partial charge in [-0.15, -0.1) is 11.3 Å². The summed E-state index contributed by atoms with van der Waals surface area (Å²) < 4.78 is 1.75. The van der Waals surface area contributed by atoms with Crippen molar-refractivity contribution in [3.05, 3.63) is 16.6 Å². The lowest BCUT2D eigenvalue weighted by atomic mass is 9.98. The van der Waals surface area contributed by atoms with E-state index in [0.29, 0.717) is 11.3 Å². The minimum Gasteiger partial charge on any atom is -0.394 e. The van der Waals surface area contributed by atoms with E-state index >= 15 is 0 Å². The number of aliphatic hydroxyl groups is 2. The number of carbonyl (C=O) groups excluding carboxylic acids is 1. The minimum atomic E-state index is -0.972. The van der Waals surface area contributed by atoms with E-state index < -0.39 is 5.54 Å². The van der Waals surface area contributed by atoms with Gasteiger partial charge in [-0.05, 0) is 19.4 Å². The van der Waals surface area contributed by atoms with Crippen molar-refractivity contribution in [3.63, 3.8) is 0 Å². The summed E-state index contributed by atoms with van der Waals surface area (Å²) >= 11 is 1.35. The first kappa shape index (κ1) is 15.0. The second-order valence-electron chi connectivity index (χ2n) is 4.94. The molecule has 2 rings (SSSR count). The highest BCUT2D eigenvalue weighted by molar-refractivity contribution is 7.20. The summed E-state index contributed by atoms with van der Waals surface area (Å²) in [6, 6.07) is 1.80. The number of nitrogens with one attached hydrogen (secondary N) is 1. The van der Waals surface area contributed by atoms with E-state index in [0.717, 1.165) is 15.9 Å². The Labute approximate surface area is 121 Å². The van der Waals surface area contributed by atoms with Gasteiger partial charge >= 0.3 is 0 Å². The summed E-state index contributed by atoms with van der Waals surface area (Å²) in [6.07, 6.45) is 0.456. The van der Waals surface area contributed by atoms with Gasteiger partial charge in [0.2, 0.25) is 0 Å². The molecule has 0 bridgehead atoms. The number of amides is 1. The summed E-state index contributed by atoms with van der Waals surface area (Å²) in [5, 5.41) is 26.7. The zero-order valence-corrected chi connectivity index (χ0v) is 12.6. The number of rotatable bonds is 5. The minimum absolute atomic E-state index is 0.282. The van der Waals surface area contributed by atoms with Crippen LogP contribution in [-0.2, 0) is 7.05 Å². The molecule has 2 aromatic rings. The number of hydrogen-bond donors (Lipinski definition) is 3. The smallest absolute Gasteiger partial charge is 0.262 e. The standard InChI is InChI=1S/C13H19N3O3S/c1-4-13(6-17,7-18)14-11(19)10-5-9-8(2)15-16(3)12(9)20-10/h5,17-18H,4,6-7H2,1-3H3,(H,14,19). The third-order valence-corrected chi connectivity index (χ3v) is 4.78. The van der Waals surface area contributed by atoms with E-state index in [1.165, 1.54) is 11.3 Å². The van der Waals surface area contributed by atoms with Crippen LogP contribution in [0.25, 0.3) is 10.2 Å². The van der Waals surface area contributed by atoms with Gasteiger partial charge in [-0.1, -0.05) is 6.92 Å². The van der Waals surface area contributed by atoms with Gasteiger partial charge in [0.25, 0.3) is 5.91 Å². The number of carbonyl (C=O) groups is 1. The summed E-state index contributed by atoms with van der Waals surface area (Å²) in [7, 11) is 1.84. The predicted molar refractivity (Wildman–Crippen MR) is 78.0 cm³/mol. The first-order valence-electron chi connectivity index (χ1n) is 6.43. The molecular formula is C13H19N3O3S. The second kappa shape index (κ2) is 5.51. The van der Waals surface area contributed by atoms with Gasteiger partial charge in [-0.2, -0.15) is 5.10 Å². The van der Waals surface area contributed by atoms with E-state index in [1.54, 1.807) is 10.7 Å². The highest BCUT2D eigenvalue weighted by atomic mass is 32.1. The number of aliphatic hydroxyl groups excluding tert-OH is 2. The van der Waals surface area contributed by atoms with Crippen LogP contribution in [0.3, 0.4) is 0 Å². The average molecular weight is 297 g/mol. The van der Waals surface area contributed by atoms with Gasteiger partial charge in [-0.3, -0.25) is 9.48 Å². The Kier molecular flexibility index (Phi) is 4.12. The number of hydrogen-bond acceptors (Lipinski definition) is 5. The van der Waals surface area contributed by atoms with Crippen LogP contribution in [0.2, 0.25) is 0 Å². The lowest BCUT2D eigenvalue weighted by molar-refractivity contribution is 0.0656. The van der Waals surface area contributed by atoms with Crippen molar-refractivity contribution in [2.24, 2.45) is 7.05 Å². The maximum Gasteiger partial charge on any atom is 0.262 e. The highest BCUT2D eigenvalue weighted by Gasteiger charge is 2.29. The number of aryl methyl sites for hydroxylation is 2. The van der Waals surface area contributed by atoms with Crippen LogP contribution in [-0.4, -0.2) is 44.7 Å². The maximum absolute atomic E-state index is 12.3. The molecule has 2 heterocycles. The molecule has 7 heteroatoms. The fourth-order valence-electron chi connectivity index (χ4n) is 2.06. The largest absolute Gasteiger partial charge is 0.394 e. The Balaban J connectivity index is 2.29. The van der Waals surface area contributed by atoms with Crippen molar-refractivity contribution in [3.8, 4) is 0 Å². The van der Waals surface area contributed by atoms with Gasteiger partial charge in [0.05, 0.1) is 29.3 Å². The quantitative estimate of drug-likeness (QED) is 0.762. The Morgan fingerprint density at radius 2 is 2.15 bits per heavy atom. The summed E-state index contributed by atoms with van der Waals surface area (Å²) in [5.41, 5.74) is -0.0931. The van der Waals surface area contributed by atoms with Crippen molar-refractivity contribution >= 4 is 27.5 Å². The molecule has 0 saturated heterocycles. The van der Waals surface area contributed by atoms with Crippen LogP contribution in [0, 0.1) is 6.92 Å². The van der Waals surface area contributed by atoms with Crippen molar-refractivity contribution < 1.29 is 15.0 Å². The Hall–Kier alpha value is -1.44. The van der Waals surface area contributed by atoms with Crippen LogP contribution in [0.4, 0.5) is 0 Å². The number of aromatic nitrogens is 2. The first-order chi connectivity index (χ1) is 9.46. The van der Waals surface area contributed by atoms with Gasteiger partial charge < -0.3 is 15.5 Å². The van der Waals surface area contributed by atoms with E-state index in [-0.39, 0.29) is 19.1 Å². The van der Waals surface area contributed by atoms with E-state index in [9.17, 15) is 15.0 Å². The zero-order chi connectivity index (χ0) is 14.9. The highest BCUT2D eigenvalue weighted by Crippen LogP contribution is 2.28. The number of thiophene rings is 1. The molecule has 2 aromatic heterocycles. The first-order valence-corrected chi connectivity index (χ1v) is 7.25. The van der Waals surface area contributed by atoms with Crippen LogP contribution in [0.15, 0.2) is 6.07 Å². The van der Waals surface area contributed by atoms with E-state index in [2.05, 4.69) is 10.4 Å². The maximum atomic E-state index is 12.3. The van der Waals surface area contributed by atoms with Gasteiger partial charge in [0, 0.05) is 12.4 Å². The Morgan fingerprint density at radius 1 is 1.50 bits per heavy atom. The van der Waals surface area contributed by atoms with Crippen LogP contribution in [0.5, 0.6) is 0 Å². The molecule has 0 aliphatic rings. The topological polar surface area (TPSA) is 87.4 Å². The van der Waals surface area contributed by atoms with Crippen LogP contribution < -0.4 is 5.32 Å². The molecule has 0 aliphatic carbocycles. The van der Waals surface area contributed by atoms with Gasteiger partial charge in [-0.25, -0.2) is 0 Å². The summed E-state index contributed by atoms with van der Waals surface area (Å²) in [5.74, 6) is -0.282. The lowest BCUT2D eigenvalue weighted by Gasteiger charge is -2.29. The van der Waals surface area contributed by atoms with Gasteiger partial charge in [0.1, 0.15) is 4.83 Å². The van der Waals surface area contributed by atoms with Crippen LogP contribution in [0.1, 0.15) is 28.7 Å². The second-order valence-corrected chi connectivity index (χ2v) is 5.97. The molecule has 20 heavy (non-hydrogen) atoms. The summed E-state index contributed by atoms with van der Waals surface area (Å²) in [4.78, 5) is 13.8. The molecule has 0 spiro atoms. The molecule has 110 valence electrons. The summed E-state index contributed by atoms with van der Waals surface area (Å²) in [6.45, 7) is 3.12. The van der Waals surface area contributed by atoms with E-state index in [1.807, 2.05) is 20.9 Å². The molecule has 0 aromatic carbocycles. The molecule has 0 radical (unpaired) electrons. The number of nitrogens with zero attached hydrogens (tertiary/aromatic N) is 2. The molecule has 0 unspecified atom stereocenters. The van der Waals surface area contributed by atoms with Crippen molar-refractivity contribution in [1.29, 1.82) is 0 Å². The predicted octanol–water partition coefficient (Wildman–Crippen LogP) is 0.806. The molecule has 1 amide bonds. The van der Waals surface area contributed by atoms with Crippen molar-refractivity contribution in [1.82, 2.24) is 15.1 Å². The number of fused-ring (bicyclic) bond motifs is 1. The molecule has 0 aliphatic heterocycles. The average Bonchev–Trinajstić information content (AvgIpc) is 2.99. The fourth-order valence-corrected chi connectivity index (χ4v) is 3.08. The van der Waals surface area contributed by atoms with E-state index in [4.69, 9.17) is 0 Å². The molecule has 3 N–H and O–H groups in total. The molecular weight excluding hydrogens is 278 g/mol. The van der Waals surface area contributed by atoms with Gasteiger partial charge in [0.15, 0.2) is 0 Å². The molecule has 6 nitrogen and oxygen atoms in total. The normalized spacial score (nSPS) is 12.1. The Morgan fingerprint density at radius 3 is 2.65 bits per heavy atom. The lowest BCUT2D eigenvalue weighted by Crippen LogP contribution is -2.53. The zero-order valence-electron chi connectivity index (χ0n) is 11.8. The van der Waals surface area contributed by atoms with Crippen molar-refractivity contribution in [2.75, 3.05) is 13.2 Å². The molecule has 0 saturated carbocycles.